The highest BCUT2D eigenvalue weighted by molar-refractivity contribution is 5.76. The summed E-state index contributed by atoms with van der Waals surface area (Å²) in [7, 11) is 0. The molecule has 0 radical (unpaired) electrons. The predicted molar refractivity (Wildman–Crippen MR) is 119 cm³/mol. The van der Waals surface area contributed by atoms with Gasteiger partial charge in [-0.15, -0.1) is 0 Å². The van der Waals surface area contributed by atoms with E-state index in [1.54, 1.807) is 0 Å². The molecule has 1 aliphatic heterocycles. The Kier molecular flexibility index (Phi) is 7.77. The van der Waals surface area contributed by atoms with E-state index in [-0.39, 0.29) is 30.8 Å². The van der Waals surface area contributed by atoms with E-state index >= 15 is 0 Å². The molecule has 10 heteroatoms. The minimum absolute atomic E-state index is 0.120. The average molecular weight is 475 g/mol. The highest BCUT2D eigenvalue weighted by Gasteiger charge is 2.38. The van der Waals surface area contributed by atoms with E-state index in [1.165, 1.54) is 19.1 Å². The molecule has 34 heavy (non-hydrogen) atoms. The maximum absolute atomic E-state index is 13.9. The highest BCUT2D eigenvalue weighted by atomic mass is 19.1. The second kappa shape index (κ2) is 10.9. The van der Waals surface area contributed by atoms with Crippen LogP contribution in [-0.2, 0) is 39.3 Å². The lowest BCUT2D eigenvalue weighted by atomic mass is 9.89. The third kappa shape index (κ3) is 5.91. The number of amides is 2. The summed E-state index contributed by atoms with van der Waals surface area (Å²) >= 11 is 0. The summed E-state index contributed by atoms with van der Waals surface area (Å²) in [6, 6.07) is 2.83. The SMILES string of the molecule is CC(=O)NC1(c2noc(CCC(=O)NCCc3cc(F)cc4c3OCOC4)n2)CCCCCC1. The van der Waals surface area contributed by atoms with Gasteiger partial charge in [0.05, 0.1) is 6.61 Å². The Labute approximate surface area is 197 Å². The predicted octanol–water partition coefficient (Wildman–Crippen LogP) is 3.05. The quantitative estimate of drug-likeness (QED) is 0.565. The van der Waals surface area contributed by atoms with Crippen LogP contribution < -0.4 is 15.4 Å². The number of carbonyl (C=O) groups is 2. The number of nitrogens with zero attached hydrogens (tertiary/aromatic N) is 2. The molecular weight excluding hydrogens is 443 g/mol. The average Bonchev–Trinajstić information content (AvgIpc) is 3.17. The smallest absolute Gasteiger partial charge is 0.227 e. The largest absolute Gasteiger partial charge is 0.467 e. The summed E-state index contributed by atoms with van der Waals surface area (Å²) in [5, 5.41) is 10.0. The molecule has 184 valence electrons. The second-order valence-corrected chi connectivity index (χ2v) is 8.95. The lowest BCUT2D eigenvalue weighted by Crippen LogP contribution is -2.45. The Balaban J connectivity index is 1.29. The molecule has 1 aromatic carbocycles. The second-order valence-electron chi connectivity index (χ2n) is 8.95. The first-order valence-corrected chi connectivity index (χ1v) is 11.9. The summed E-state index contributed by atoms with van der Waals surface area (Å²) in [5.41, 5.74) is 0.765. The van der Waals surface area contributed by atoms with Gasteiger partial charge in [0.1, 0.15) is 17.1 Å². The molecule has 0 bridgehead atoms. The van der Waals surface area contributed by atoms with Crippen LogP contribution in [0.1, 0.15) is 74.7 Å². The minimum atomic E-state index is -0.608. The van der Waals surface area contributed by atoms with Gasteiger partial charge in [-0.3, -0.25) is 9.59 Å². The lowest BCUT2D eigenvalue weighted by Gasteiger charge is -2.30. The minimum Gasteiger partial charge on any atom is -0.467 e. The lowest BCUT2D eigenvalue weighted by molar-refractivity contribution is -0.122. The van der Waals surface area contributed by atoms with Gasteiger partial charge in [-0.2, -0.15) is 4.98 Å². The first kappa shape index (κ1) is 24.1. The van der Waals surface area contributed by atoms with Crippen LogP contribution in [-0.4, -0.2) is 35.3 Å². The molecule has 0 atom stereocenters. The molecule has 1 fully saturated rings. The fourth-order valence-corrected chi connectivity index (χ4v) is 4.71. The summed E-state index contributed by atoms with van der Waals surface area (Å²) in [4.78, 5) is 28.7. The number of hydrogen-bond donors (Lipinski definition) is 2. The molecule has 1 aliphatic carbocycles. The first-order valence-electron chi connectivity index (χ1n) is 11.9. The fourth-order valence-electron chi connectivity index (χ4n) is 4.71. The van der Waals surface area contributed by atoms with Crippen LogP contribution in [0.5, 0.6) is 5.75 Å². The van der Waals surface area contributed by atoms with Crippen molar-refractivity contribution in [1.29, 1.82) is 0 Å². The molecule has 0 saturated heterocycles. The Hall–Kier alpha value is -3.01. The molecule has 4 rings (SSSR count). The zero-order valence-corrected chi connectivity index (χ0v) is 19.5. The maximum atomic E-state index is 13.9. The number of hydrogen-bond acceptors (Lipinski definition) is 7. The van der Waals surface area contributed by atoms with Crippen LogP contribution in [0.15, 0.2) is 16.7 Å². The van der Waals surface area contributed by atoms with Gasteiger partial charge in [-0.25, -0.2) is 4.39 Å². The number of benzene rings is 1. The van der Waals surface area contributed by atoms with Gasteiger partial charge >= 0.3 is 0 Å². The van der Waals surface area contributed by atoms with Crippen molar-refractivity contribution in [2.75, 3.05) is 13.3 Å². The van der Waals surface area contributed by atoms with Gasteiger partial charge in [0.25, 0.3) is 0 Å². The first-order chi connectivity index (χ1) is 16.4. The number of fused-ring (bicyclic) bond motifs is 1. The zero-order valence-electron chi connectivity index (χ0n) is 19.5. The number of rotatable bonds is 8. The van der Waals surface area contributed by atoms with E-state index in [2.05, 4.69) is 20.8 Å². The Morgan fingerprint density at radius 2 is 1.94 bits per heavy atom. The molecule has 1 aromatic heterocycles. The van der Waals surface area contributed by atoms with E-state index in [0.717, 1.165) is 38.5 Å². The summed E-state index contributed by atoms with van der Waals surface area (Å²) < 4.78 is 30.0. The molecule has 2 aliphatic rings. The number of aryl methyl sites for hydroxylation is 1. The zero-order chi connectivity index (χ0) is 24.0. The van der Waals surface area contributed by atoms with Crippen LogP contribution in [0, 0.1) is 5.82 Å². The standard InChI is InChI=1S/C24H31FN4O5/c1-16(30)28-24(9-4-2-3-5-10-24)23-27-21(34-29-23)7-6-20(31)26-11-8-17-12-19(25)13-18-14-32-15-33-22(17)18/h12-13H,2-11,14-15H2,1H3,(H,26,31)(H,28,30). The number of ether oxygens (including phenoxy) is 2. The van der Waals surface area contributed by atoms with E-state index in [1.807, 2.05) is 0 Å². The van der Waals surface area contributed by atoms with Crippen molar-refractivity contribution in [2.24, 2.45) is 0 Å². The number of aromatic nitrogens is 2. The van der Waals surface area contributed by atoms with Crippen molar-refractivity contribution in [2.45, 2.75) is 76.9 Å². The van der Waals surface area contributed by atoms with Gasteiger partial charge < -0.3 is 24.6 Å². The fraction of sp³-hybridized carbons (Fsp3) is 0.583. The van der Waals surface area contributed by atoms with Crippen LogP contribution in [0.4, 0.5) is 4.39 Å². The van der Waals surface area contributed by atoms with Crippen LogP contribution in [0.25, 0.3) is 0 Å². The van der Waals surface area contributed by atoms with Crippen molar-refractivity contribution in [1.82, 2.24) is 20.8 Å². The van der Waals surface area contributed by atoms with Gasteiger partial charge in [0, 0.05) is 31.9 Å². The Morgan fingerprint density at radius 3 is 2.71 bits per heavy atom. The molecule has 1 saturated carbocycles. The third-order valence-electron chi connectivity index (χ3n) is 6.30. The van der Waals surface area contributed by atoms with Gasteiger partial charge in [-0.1, -0.05) is 30.8 Å². The summed E-state index contributed by atoms with van der Waals surface area (Å²) in [5.74, 6) is 0.844. The molecule has 9 nitrogen and oxygen atoms in total. The Morgan fingerprint density at radius 1 is 1.15 bits per heavy atom. The molecule has 2 amide bonds. The van der Waals surface area contributed by atoms with Gasteiger partial charge in [0.15, 0.2) is 12.6 Å². The summed E-state index contributed by atoms with van der Waals surface area (Å²) in [6.07, 6.45) is 6.66. The van der Waals surface area contributed by atoms with Gasteiger partial charge in [-0.05, 0) is 37.0 Å². The van der Waals surface area contributed by atoms with Crippen molar-refractivity contribution in [3.8, 4) is 5.75 Å². The molecule has 0 unspecified atom stereocenters. The normalized spacial score (nSPS) is 17.2. The van der Waals surface area contributed by atoms with E-state index in [9.17, 15) is 14.0 Å². The molecular formula is C24H31FN4O5. The molecule has 2 heterocycles. The van der Waals surface area contributed by atoms with Gasteiger partial charge in [0.2, 0.25) is 17.7 Å². The number of nitrogens with one attached hydrogen (secondary N) is 2. The maximum Gasteiger partial charge on any atom is 0.227 e. The summed E-state index contributed by atoms with van der Waals surface area (Å²) in [6.45, 7) is 2.28. The number of carbonyl (C=O) groups excluding carboxylic acids is 2. The van der Waals surface area contributed by atoms with Crippen molar-refractivity contribution in [3.63, 3.8) is 0 Å². The number of halogens is 1. The van der Waals surface area contributed by atoms with Crippen LogP contribution >= 0.6 is 0 Å². The third-order valence-corrected chi connectivity index (χ3v) is 6.30. The van der Waals surface area contributed by atoms with E-state index in [4.69, 9.17) is 14.0 Å². The Bertz CT molecular complexity index is 1020. The van der Waals surface area contributed by atoms with E-state index in [0.29, 0.717) is 54.6 Å². The monoisotopic (exact) mass is 474 g/mol. The highest BCUT2D eigenvalue weighted by Crippen LogP contribution is 2.34. The van der Waals surface area contributed by atoms with Crippen molar-refractivity contribution < 1.29 is 28.0 Å². The molecule has 2 aromatic rings. The van der Waals surface area contributed by atoms with Crippen molar-refractivity contribution >= 4 is 11.8 Å². The van der Waals surface area contributed by atoms with E-state index < -0.39 is 5.54 Å². The van der Waals surface area contributed by atoms with Crippen LogP contribution in [0.2, 0.25) is 0 Å². The van der Waals surface area contributed by atoms with Crippen LogP contribution in [0.3, 0.4) is 0 Å². The molecule has 0 spiro atoms. The molecule has 2 N–H and O–H groups in total. The topological polar surface area (TPSA) is 116 Å². The van der Waals surface area contributed by atoms with Crippen molar-refractivity contribution in [3.05, 3.63) is 40.8 Å².